The van der Waals surface area contributed by atoms with Crippen LogP contribution in [0.25, 0.3) is 11.1 Å². The van der Waals surface area contributed by atoms with Crippen molar-refractivity contribution < 1.29 is 13.5 Å². The summed E-state index contributed by atoms with van der Waals surface area (Å²) in [4.78, 5) is 0. The van der Waals surface area contributed by atoms with E-state index >= 15 is 0 Å². The lowest BCUT2D eigenvalue weighted by Crippen LogP contribution is -2.37. The van der Waals surface area contributed by atoms with Gasteiger partial charge in [0.25, 0.3) is 0 Å². The van der Waals surface area contributed by atoms with Crippen molar-refractivity contribution in [1.82, 2.24) is 0 Å². The fourth-order valence-corrected chi connectivity index (χ4v) is 3.67. The number of aliphatic hydroxyl groups excluding tert-OH is 1. The first-order valence-corrected chi connectivity index (χ1v) is 8.94. The van der Waals surface area contributed by atoms with Gasteiger partial charge in [0.05, 0.1) is 6.61 Å². The van der Waals surface area contributed by atoms with Gasteiger partial charge < -0.3 is 10.8 Å². The molecular weight excluding hydrogens is 298 g/mol. The summed E-state index contributed by atoms with van der Waals surface area (Å²) in [6.07, 6.45) is 0. The van der Waals surface area contributed by atoms with Gasteiger partial charge in [-0.3, -0.25) is 0 Å². The molecule has 2 atom stereocenters. The number of benzene rings is 2. The van der Waals surface area contributed by atoms with Crippen LogP contribution >= 0.6 is 0 Å². The second-order valence-corrected chi connectivity index (χ2v) is 7.69. The highest BCUT2D eigenvalue weighted by atomic mass is 32.2. The molecule has 0 unspecified atom stereocenters. The third-order valence-corrected chi connectivity index (χ3v) is 6.02. The van der Waals surface area contributed by atoms with Gasteiger partial charge in [-0.1, -0.05) is 61.5 Å². The Balaban J connectivity index is 2.26. The minimum absolute atomic E-state index is 0.0337. The zero-order valence-electron chi connectivity index (χ0n) is 12.5. The summed E-state index contributed by atoms with van der Waals surface area (Å²) in [6, 6.07) is 16.6. The van der Waals surface area contributed by atoms with Crippen LogP contribution in [0.5, 0.6) is 0 Å². The Morgan fingerprint density at radius 3 is 2.05 bits per heavy atom. The van der Waals surface area contributed by atoms with Crippen molar-refractivity contribution in [3.05, 3.63) is 60.2 Å². The van der Waals surface area contributed by atoms with Crippen molar-refractivity contribution in [3.8, 4) is 11.1 Å². The molecule has 0 spiro atoms. The van der Waals surface area contributed by atoms with E-state index in [2.05, 4.69) is 0 Å². The van der Waals surface area contributed by atoms with Gasteiger partial charge in [0.15, 0.2) is 9.84 Å². The Morgan fingerprint density at radius 1 is 1.00 bits per heavy atom. The predicted molar refractivity (Wildman–Crippen MR) is 89.1 cm³/mol. The van der Waals surface area contributed by atoms with Gasteiger partial charge in [0, 0.05) is 11.8 Å². The van der Waals surface area contributed by atoms with Crippen LogP contribution in [0, 0.1) is 0 Å². The Hall–Kier alpha value is -1.69. The van der Waals surface area contributed by atoms with Crippen LogP contribution in [-0.4, -0.2) is 31.1 Å². The topological polar surface area (TPSA) is 80.4 Å². The monoisotopic (exact) mass is 319 g/mol. The van der Waals surface area contributed by atoms with Gasteiger partial charge in [-0.05, 0) is 16.7 Å². The molecule has 2 aromatic carbocycles. The second kappa shape index (κ2) is 7.05. The minimum Gasteiger partial charge on any atom is -0.395 e. The Morgan fingerprint density at radius 2 is 1.55 bits per heavy atom. The first kappa shape index (κ1) is 16.7. The van der Waals surface area contributed by atoms with Crippen LogP contribution in [0.15, 0.2) is 54.6 Å². The molecular formula is C17H21NO3S. The molecule has 0 fully saturated rings. The summed E-state index contributed by atoms with van der Waals surface area (Å²) < 4.78 is 24.0. The smallest absolute Gasteiger partial charge is 0.157 e. The molecule has 0 bridgehead atoms. The molecule has 0 amide bonds. The van der Waals surface area contributed by atoms with Gasteiger partial charge in [0.1, 0.15) is 5.25 Å². The Kier molecular flexibility index (Phi) is 5.34. The molecule has 2 rings (SSSR count). The number of rotatable bonds is 6. The van der Waals surface area contributed by atoms with Crippen molar-refractivity contribution in [2.24, 2.45) is 5.73 Å². The summed E-state index contributed by atoms with van der Waals surface area (Å²) in [6.45, 7) is 1.08. The van der Waals surface area contributed by atoms with Crippen molar-refractivity contribution in [1.29, 1.82) is 0 Å². The molecule has 0 aromatic heterocycles. The zero-order valence-corrected chi connectivity index (χ0v) is 13.3. The summed E-state index contributed by atoms with van der Waals surface area (Å²) in [5.74, 6) is -0.0337. The maximum Gasteiger partial charge on any atom is 0.157 e. The maximum atomic E-state index is 12.0. The summed E-state index contributed by atoms with van der Waals surface area (Å²) in [7, 11) is -3.40. The van der Waals surface area contributed by atoms with Gasteiger partial charge in [0.2, 0.25) is 0 Å². The fraction of sp³-hybridized carbons (Fsp3) is 0.294. The van der Waals surface area contributed by atoms with Crippen LogP contribution in [0.4, 0.5) is 0 Å². The maximum absolute atomic E-state index is 12.0. The van der Waals surface area contributed by atoms with Crippen LogP contribution in [0.1, 0.15) is 18.5 Å². The average Bonchev–Trinajstić information content (AvgIpc) is 2.56. The van der Waals surface area contributed by atoms with Crippen molar-refractivity contribution >= 4 is 9.84 Å². The molecule has 4 nitrogen and oxygen atoms in total. The normalized spacial score (nSPS) is 14.5. The minimum atomic E-state index is -3.40. The van der Waals surface area contributed by atoms with E-state index in [0.717, 1.165) is 11.1 Å². The van der Waals surface area contributed by atoms with Gasteiger partial charge in [-0.25, -0.2) is 8.42 Å². The van der Waals surface area contributed by atoms with Gasteiger partial charge >= 0.3 is 0 Å². The van der Waals surface area contributed by atoms with E-state index < -0.39 is 27.7 Å². The fourth-order valence-electron chi connectivity index (χ4n) is 2.41. The lowest BCUT2D eigenvalue weighted by atomic mass is 10.00. The first-order valence-electron chi connectivity index (χ1n) is 7.23. The Bertz CT molecular complexity index is 696. The molecule has 0 radical (unpaired) electrons. The number of hydrogen-bond acceptors (Lipinski definition) is 4. The third kappa shape index (κ3) is 3.55. The summed E-state index contributed by atoms with van der Waals surface area (Å²) >= 11 is 0. The lowest BCUT2D eigenvalue weighted by molar-refractivity contribution is 0.277. The van der Waals surface area contributed by atoms with Crippen LogP contribution < -0.4 is 5.73 Å². The van der Waals surface area contributed by atoms with E-state index in [1.165, 1.54) is 0 Å². The van der Waals surface area contributed by atoms with Gasteiger partial charge in [-0.15, -0.1) is 0 Å². The quantitative estimate of drug-likeness (QED) is 0.855. The van der Waals surface area contributed by atoms with Gasteiger partial charge in [-0.2, -0.15) is 0 Å². The van der Waals surface area contributed by atoms with Crippen molar-refractivity contribution in [2.75, 3.05) is 12.4 Å². The Labute approximate surface area is 131 Å². The third-order valence-electron chi connectivity index (χ3n) is 3.85. The molecule has 0 aliphatic heterocycles. The van der Waals surface area contributed by atoms with Crippen LogP contribution in [0.3, 0.4) is 0 Å². The highest BCUT2D eigenvalue weighted by Crippen LogP contribution is 2.24. The van der Waals surface area contributed by atoms with E-state index in [4.69, 9.17) is 5.73 Å². The van der Waals surface area contributed by atoms with Crippen LogP contribution in [-0.2, 0) is 9.84 Å². The van der Waals surface area contributed by atoms with E-state index in [-0.39, 0.29) is 5.75 Å². The zero-order chi connectivity index (χ0) is 16.2. The predicted octanol–water partition coefficient (Wildman–Crippen LogP) is 2.15. The largest absolute Gasteiger partial charge is 0.395 e. The molecule has 0 saturated carbocycles. The highest BCUT2D eigenvalue weighted by Gasteiger charge is 2.30. The second-order valence-electron chi connectivity index (χ2n) is 5.19. The molecule has 0 saturated heterocycles. The number of sulfone groups is 1. The lowest BCUT2D eigenvalue weighted by Gasteiger charge is -2.22. The SMILES string of the molecule is CCS(=O)(=O)[C@H](CO)[C@@H](N)c1ccc(-c2ccccc2)cc1. The highest BCUT2D eigenvalue weighted by molar-refractivity contribution is 7.92. The number of hydrogen-bond donors (Lipinski definition) is 2. The first-order chi connectivity index (χ1) is 10.5. The number of nitrogens with two attached hydrogens (primary N) is 1. The van der Waals surface area contributed by atoms with Crippen molar-refractivity contribution in [2.45, 2.75) is 18.2 Å². The molecule has 0 aliphatic carbocycles. The summed E-state index contributed by atoms with van der Waals surface area (Å²) in [5, 5.41) is 8.43. The standard InChI is InChI=1S/C17H21NO3S/c1-2-22(20,21)16(12-19)17(18)15-10-8-14(9-11-15)13-6-4-3-5-7-13/h3-11,16-17,19H,2,12,18H2,1H3/t16-,17+/m1/s1. The molecule has 5 heteroatoms. The van der Waals surface area contributed by atoms with E-state index in [0.29, 0.717) is 5.56 Å². The average molecular weight is 319 g/mol. The molecule has 2 aromatic rings. The van der Waals surface area contributed by atoms with E-state index in [1.807, 2.05) is 54.6 Å². The molecule has 118 valence electrons. The molecule has 22 heavy (non-hydrogen) atoms. The van der Waals surface area contributed by atoms with E-state index in [9.17, 15) is 13.5 Å². The number of aliphatic hydroxyl groups is 1. The summed E-state index contributed by atoms with van der Waals surface area (Å²) in [5.41, 5.74) is 8.89. The van der Waals surface area contributed by atoms with Crippen molar-refractivity contribution in [3.63, 3.8) is 0 Å². The van der Waals surface area contributed by atoms with E-state index in [1.54, 1.807) is 6.92 Å². The molecule has 0 aliphatic rings. The van der Waals surface area contributed by atoms with Crippen LogP contribution in [0.2, 0.25) is 0 Å². The molecule has 0 heterocycles. The molecule has 3 N–H and O–H groups in total.